The molecule has 1 fully saturated rings. The second-order valence-corrected chi connectivity index (χ2v) is 5.19. The fourth-order valence-corrected chi connectivity index (χ4v) is 1.65. The van der Waals surface area contributed by atoms with Crippen LogP contribution in [-0.4, -0.2) is 42.0 Å². The number of carbonyl (C=O) groups is 1. The van der Waals surface area contributed by atoms with Gasteiger partial charge in [0.2, 0.25) is 0 Å². The number of aliphatic hydroxyl groups is 1. The van der Waals surface area contributed by atoms with Gasteiger partial charge in [0.1, 0.15) is 5.60 Å². The highest BCUT2D eigenvalue weighted by atomic mass is 16.6. The molecule has 1 aliphatic rings. The van der Waals surface area contributed by atoms with Gasteiger partial charge in [0.25, 0.3) is 0 Å². The van der Waals surface area contributed by atoms with Crippen LogP contribution in [0.15, 0.2) is 0 Å². The van der Waals surface area contributed by atoms with Crippen molar-refractivity contribution < 1.29 is 14.6 Å². The second kappa shape index (κ2) is 5.50. The van der Waals surface area contributed by atoms with E-state index in [0.29, 0.717) is 12.6 Å². The van der Waals surface area contributed by atoms with E-state index in [0.717, 1.165) is 12.8 Å². The van der Waals surface area contributed by atoms with Crippen molar-refractivity contribution in [2.24, 2.45) is 0 Å². The average Bonchev–Trinajstić information content (AvgIpc) is 2.05. The van der Waals surface area contributed by atoms with Crippen molar-refractivity contribution in [1.29, 1.82) is 0 Å². The second-order valence-electron chi connectivity index (χ2n) is 5.19. The minimum absolute atomic E-state index is 0.153. The lowest BCUT2D eigenvalue weighted by Crippen LogP contribution is -2.53. The Labute approximate surface area is 96.6 Å². The molecule has 0 saturated heterocycles. The van der Waals surface area contributed by atoms with E-state index < -0.39 is 5.60 Å². The smallest absolute Gasteiger partial charge is 0.407 e. The molecule has 1 aliphatic carbocycles. The van der Waals surface area contributed by atoms with Crippen LogP contribution < -0.4 is 10.6 Å². The molecule has 0 aromatic carbocycles. The Morgan fingerprint density at radius 1 is 1.38 bits per heavy atom. The number of carbonyl (C=O) groups excluding carboxylic acids is 1. The third-order valence-electron chi connectivity index (χ3n) is 2.40. The van der Waals surface area contributed by atoms with Gasteiger partial charge in [-0.05, 0) is 33.6 Å². The van der Waals surface area contributed by atoms with E-state index in [2.05, 4.69) is 10.6 Å². The summed E-state index contributed by atoms with van der Waals surface area (Å²) in [6.45, 7) is 6.31. The van der Waals surface area contributed by atoms with E-state index in [4.69, 9.17) is 9.84 Å². The fourth-order valence-electron chi connectivity index (χ4n) is 1.65. The van der Waals surface area contributed by atoms with E-state index >= 15 is 0 Å². The van der Waals surface area contributed by atoms with Gasteiger partial charge in [0.05, 0.1) is 6.61 Å². The largest absolute Gasteiger partial charge is 0.444 e. The Balaban J connectivity index is 2.10. The van der Waals surface area contributed by atoms with E-state index in [1.165, 1.54) is 0 Å². The van der Waals surface area contributed by atoms with Gasteiger partial charge in [-0.3, -0.25) is 0 Å². The predicted molar refractivity (Wildman–Crippen MR) is 61.3 cm³/mol. The molecule has 0 radical (unpaired) electrons. The van der Waals surface area contributed by atoms with Gasteiger partial charge in [-0.2, -0.15) is 0 Å². The minimum Gasteiger partial charge on any atom is -0.444 e. The molecule has 0 aromatic heterocycles. The Morgan fingerprint density at radius 2 is 2.00 bits per heavy atom. The molecule has 0 heterocycles. The highest BCUT2D eigenvalue weighted by molar-refractivity contribution is 5.68. The van der Waals surface area contributed by atoms with Crippen LogP contribution in [-0.2, 0) is 4.74 Å². The lowest BCUT2D eigenvalue weighted by molar-refractivity contribution is 0.0464. The van der Waals surface area contributed by atoms with Gasteiger partial charge in [-0.1, -0.05) is 0 Å². The van der Waals surface area contributed by atoms with Gasteiger partial charge in [-0.15, -0.1) is 0 Å². The maximum Gasteiger partial charge on any atom is 0.407 e. The highest BCUT2D eigenvalue weighted by Crippen LogP contribution is 2.20. The molecule has 0 unspecified atom stereocenters. The molecular weight excluding hydrogens is 208 g/mol. The summed E-state index contributed by atoms with van der Waals surface area (Å²) < 4.78 is 5.15. The SMILES string of the molecule is CC(C)(C)OC(=O)NC1CC(NCCO)C1. The van der Waals surface area contributed by atoms with E-state index in [1.54, 1.807) is 0 Å². The van der Waals surface area contributed by atoms with Crippen molar-refractivity contribution in [2.75, 3.05) is 13.2 Å². The van der Waals surface area contributed by atoms with Crippen LogP contribution in [0.25, 0.3) is 0 Å². The van der Waals surface area contributed by atoms with Crippen LogP contribution in [0.1, 0.15) is 33.6 Å². The summed E-state index contributed by atoms with van der Waals surface area (Å²) in [5, 5.41) is 14.6. The monoisotopic (exact) mass is 230 g/mol. The molecule has 1 saturated carbocycles. The molecule has 1 amide bonds. The zero-order valence-electron chi connectivity index (χ0n) is 10.2. The first-order valence-corrected chi connectivity index (χ1v) is 5.74. The summed E-state index contributed by atoms with van der Waals surface area (Å²) in [5.41, 5.74) is -0.442. The molecule has 5 nitrogen and oxygen atoms in total. The molecule has 5 heteroatoms. The Hall–Kier alpha value is -0.810. The van der Waals surface area contributed by atoms with Crippen LogP contribution in [0.4, 0.5) is 4.79 Å². The Morgan fingerprint density at radius 3 is 2.50 bits per heavy atom. The number of rotatable bonds is 4. The third-order valence-corrected chi connectivity index (χ3v) is 2.40. The highest BCUT2D eigenvalue weighted by Gasteiger charge is 2.30. The van der Waals surface area contributed by atoms with Gasteiger partial charge in [0.15, 0.2) is 0 Å². The van der Waals surface area contributed by atoms with Crippen molar-refractivity contribution >= 4 is 6.09 Å². The molecule has 0 bridgehead atoms. The van der Waals surface area contributed by atoms with Crippen molar-refractivity contribution in [3.63, 3.8) is 0 Å². The topological polar surface area (TPSA) is 70.6 Å². The molecule has 0 atom stereocenters. The van der Waals surface area contributed by atoms with Crippen molar-refractivity contribution in [2.45, 2.75) is 51.3 Å². The lowest BCUT2D eigenvalue weighted by Gasteiger charge is -2.36. The van der Waals surface area contributed by atoms with Crippen molar-refractivity contribution in [1.82, 2.24) is 10.6 Å². The average molecular weight is 230 g/mol. The van der Waals surface area contributed by atoms with Crippen LogP contribution in [0.5, 0.6) is 0 Å². The van der Waals surface area contributed by atoms with Crippen molar-refractivity contribution in [3.05, 3.63) is 0 Å². The first-order chi connectivity index (χ1) is 7.40. The van der Waals surface area contributed by atoms with E-state index in [-0.39, 0.29) is 18.7 Å². The number of amides is 1. The quantitative estimate of drug-likeness (QED) is 0.662. The Kier molecular flexibility index (Phi) is 4.56. The normalized spacial score (nSPS) is 24.8. The fraction of sp³-hybridized carbons (Fsp3) is 0.909. The van der Waals surface area contributed by atoms with Crippen LogP contribution >= 0.6 is 0 Å². The number of ether oxygens (including phenoxy) is 1. The summed E-state index contributed by atoms with van der Waals surface area (Å²) in [6.07, 6.45) is 1.46. The third kappa shape index (κ3) is 4.81. The zero-order valence-corrected chi connectivity index (χ0v) is 10.2. The molecule has 0 aromatic rings. The maximum atomic E-state index is 11.4. The summed E-state index contributed by atoms with van der Waals surface area (Å²) in [5.74, 6) is 0. The van der Waals surface area contributed by atoms with Gasteiger partial charge in [0, 0.05) is 18.6 Å². The van der Waals surface area contributed by atoms with E-state index in [1.807, 2.05) is 20.8 Å². The molecule has 3 N–H and O–H groups in total. The van der Waals surface area contributed by atoms with Crippen LogP contribution in [0, 0.1) is 0 Å². The summed E-state index contributed by atoms with van der Waals surface area (Å²) in [7, 11) is 0. The standard InChI is InChI=1S/C11H22N2O3/c1-11(2,3)16-10(15)13-9-6-8(7-9)12-4-5-14/h8-9,12,14H,4-7H2,1-3H3,(H,13,15). The van der Waals surface area contributed by atoms with E-state index in [9.17, 15) is 4.79 Å². The molecule has 1 rings (SSSR count). The molecule has 0 spiro atoms. The predicted octanol–water partition coefficient (Wildman–Crippen LogP) is 0.624. The summed E-state index contributed by atoms with van der Waals surface area (Å²) in [4.78, 5) is 11.4. The van der Waals surface area contributed by atoms with Crippen LogP contribution in [0.3, 0.4) is 0 Å². The van der Waals surface area contributed by atoms with Crippen molar-refractivity contribution in [3.8, 4) is 0 Å². The molecular formula is C11H22N2O3. The lowest BCUT2D eigenvalue weighted by atomic mass is 9.87. The van der Waals surface area contributed by atoms with Gasteiger partial charge in [-0.25, -0.2) is 4.79 Å². The summed E-state index contributed by atoms with van der Waals surface area (Å²) in [6, 6.07) is 0.609. The first kappa shape index (κ1) is 13.3. The first-order valence-electron chi connectivity index (χ1n) is 5.74. The number of hydrogen-bond acceptors (Lipinski definition) is 4. The number of nitrogens with one attached hydrogen (secondary N) is 2. The van der Waals surface area contributed by atoms with Gasteiger partial charge >= 0.3 is 6.09 Å². The zero-order chi connectivity index (χ0) is 12.2. The summed E-state index contributed by atoms with van der Waals surface area (Å²) >= 11 is 0. The number of hydrogen-bond donors (Lipinski definition) is 3. The number of alkyl carbamates (subject to hydrolysis) is 1. The Bertz CT molecular complexity index is 232. The molecule has 16 heavy (non-hydrogen) atoms. The maximum absolute atomic E-state index is 11.4. The minimum atomic E-state index is -0.442. The number of aliphatic hydroxyl groups excluding tert-OH is 1. The molecule has 94 valence electrons. The van der Waals surface area contributed by atoms with Gasteiger partial charge < -0.3 is 20.5 Å². The molecule has 0 aliphatic heterocycles. The van der Waals surface area contributed by atoms with Crippen LogP contribution in [0.2, 0.25) is 0 Å².